The fourth-order valence-electron chi connectivity index (χ4n) is 2.66. The standard InChI is InChI=1S/C16H24N2O5S2/c1-11(2)15(18-25(21,22)14-8-5-9-24-14)16(20)23-10-13(19)17-12-6-3-4-7-12/h5,8-9,11-12,15,18H,3-4,6-7,10H2,1-2H3,(H,17,19)/t15-/m0/s1. The molecule has 140 valence electrons. The first-order chi connectivity index (χ1) is 11.8. The highest BCUT2D eigenvalue weighted by Crippen LogP contribution is 2.18. The molecule has 0 saturated heterocycles. The van der Waals surface area contributed by atoms with Crippen LogP contribution in [0.2, 0.25) is 0 Å². The van der Waals surface area contributed by atoms with Crippen LogP contribution in [-0.4, -0.2) is 39.0 Å². The average molecular weight is 389 g/mol. The van der Waals surface area contributed by atoms with Crippen LogP contribution in [0.25, 0.3) is 0 Å². The maximum atomic E-state index is 12.3. The quantitative estimate of drug-likeness (QED) is 0.660. The predicted octanol–water partition coefficient (Wildman–Crippen LogP) is 1.65. The summed E-state index contributed by atoms with van der Waals surface area (Å²) in [4.78, 5) is 24.1. The van der Waals surface area contributed by atoms with E-state index < -0.39 is 28.6 Å². The average Bonchev–Trinajstić information content (AvgIpc) is 3.23. The molecule has 0 aromatic carbocycles. The molecule has 25 heavy (non-hydrogen) atoms. The molecule has 1 amide bonds. The number of amides is 1. The number of ether oxygens (including phenoxy) is 1. The van der Waals surface area contributed by atoms with Gasteiger partial charge in [0.2, 0.25) is 0 Å². The first-order valence-corrected chi connectivity index (χ1v) is 10.7. The number of carbonyl (C=O) groups excluding carboxylic acids is 2. The van der Waals surface area contributed by atoms with Gasteiger partial charge in [0, 0.05) is 6.04 Å². The van der Waals surface area contributed by atoms with E-state index in [9.17, 15) is 18.0 Å². The van der Waals surface area contributed by atoms with Gasteiger partial charge in [-0.15, -0.1) is 11.3 Å². The number of rotatable bonds is 8. The molecule has 2 N–H and O–H groups in total. The van der Waals surface area contributed by atoms with E-state index >= 15 is 0 Å². The lowest BCUT2D eigenvalue weighted by atomic mass is 10.1. The summed E-state index contributed by atoms with van der Waals surface area (Å²) in [5.41, 5.74) is 0. The Morgan fingerprint density at radius 2 is 2.00 bits per heavy atom. The van der Waals surface area contributed by atoms with E-state index in [1.165, 1.54) is 6.07 Å². The van der Waals surface area contributed by atoms with E-state index in [1.807, 2.05) is 0 Å². The summed E-state index contributed by atoms with van der Waals surface area (Å²) in [5, 5.41) is 4.46. The topological polar surface area (TPSA) is 102 Å². The minimum atomic E-state index is -3.80. The van der Waals surface area contributed by atoms with E-state index in [2.05, 4.69) is 10.0 Å². The number of esters is 1. The Morgan fingerprint density at radius 3 is 2.56 bits per heavy atom. The normalized spacial score (nSPS) is 16.8. The van der Waals surface area contributed by atoms with Gasteiger partial charge in [-0.3, -0.25) is 9.59 Å². The summed E-state index contributed by atoms with van der Waals surface area (Å²) in [7, 11) is -3.80. The van der Waals surface area contributed by atoms with E-state index in [-0.39, 0.29) is 22.1 Å². The molecule has 7 nitrogen and oxygen atoms in total. The van der Waals surface area contributed by atoms with Crippen LogP contribution in [-0.2, 0) is 24.3 Å². The number of nitrogens with one attached hydrogen (secondary N) is 2. The van der Waals surface area contributed by atoms with Gasteiger partial charge in [-0.25, -0.2) is 8.42 Å². The maximum Gasteiger partial charge on any atom is 0.324 e. The molecule has 1 aliphatic rings. The number of hydrogen-bond donors (Lipinski definition) is 2. The highest BCUT2D eigenvalue weighted by Gasteiger charge is 2.30. The Bertz CT molecular complexity index is 679. The molecule has 2 rings (SSSR count). The van der Waals surface area contributed by atoms with Gasteiger partial charge in [-0.1, -0.05) is 32.8 Å². The smallest absolute Gasteiger partial charge is 0.324 e. The van der Waals surface area contributed by atoms with E-state index in [4.69, 9.17) is 4.74 Å². The third-order valence-electron chi connectivity index (χ3n) is 4.03. The fourth-order valence-corrected chi connectivity index (χ4v) is 5.01. The Labute approximate surface area is 152 Å². The first-order valence-electron chi connectivity index (χ1n) is 8.31. The number of thiophene rings is 1. The highest BCUT2D eigenvalue weighted by molar-refractivity contribution is 7.91. The molecule has 9 heteroatoms. The Kier molecular flexibility index (Phi) is 6.97. The number of hydrogen-bond acceptors (Lipinski definition) is 6. The molecule has 1 atom stereocenters. The summed E-state index contributed by atoms with van der Waals surface area (Å²) < 4.78 is 32.1. The molecule has 1 fully saturated rings. The van der Waals surface area contributed by atoms with E-state index in [0.717, 1.165) is 37.0 Å². The van der Waals surface area contributed by atoms with E-state index in [1.54, 1.807) is 25.3 Å². The van der Waals surface area contributed by atoms with E-state index in [0.29, 0.717) is 0 Å². The molecule has 0 radical (unpaired) electrons. The van der Waals surface area contributed by atoms with Gasteiger partial charge in [0.15, 0.2) is 6.61 Å². The molecule has 1 heterocycles. The molecular formula is C16H24N2O5S2. The molecule has 1 aromatic heterocycles. The second-order valence-electron chi connectivity index (χ2n) is 6.43. The van der Waals surface area contributed by atoms with Crippen molar-refractivity contribution in [3.63, 3.8) is 0 Å². The van der Waals surface area contributed by atoms with Gasteiger partial charge in [0.05, 0.1) is 0 Å². The zero-order valence-corrected chi connectivity index (χ0v) is 16.0. The Hall–Kier alpha value is -1.45. The summed E-state index contributed by atoms with van der Waals surface area (Å²) in [6.07, 6.45) is 4.05. The summed E-state index contributed by atoms with van der Waals surface area (Å²) in [6, 6.07) is 2.18. The molecule has 0 aliphatic heterocycles. The molecule has 0 bridgehead atoms. The lowest BCUT2D eigenvalue weighted by Crippen LogP contribution is -2.46. The van der Waals surface area contributed by atoms with Gasteiger partial charge in [0.1, 0.15) is 10.3 Å². The molecule has 1 saturated carbocycles. The van der Waals surface area contributed by atoms with Crippen LogP contribution in [0, 0.1) is 5.92 Å². The van der Waals surface area contributed by atoms with Crippen LogP contribution in [0.3, 0.4) is 0 Å². The van der Waals surface area contributed by atoms with Crippen LogP contribution in [0.1, 0.15) is 39.5 Å². The first kappa shape index (κ1) is 19.9. The highest BCUT2D eigenvalue weighted by atomic mass is 32.2. The van der Waals surface area contributed by atoms with Crippen LogP contribution < -0.4 is 10.0 Å². The van der Waals surface area contributed by atoms with Gasteiger partial charge in [-0.05, 0) is 30.2 Å². The van der Waals surface area contributed by atoms with Crippen molar-refractivity contribution in [2.75, 3.05) is 6.61 Å². The Balaban J connectivity index is 1.90. The van der Waals surface area contributed by atoms with Crippen molar-refractivity contribution in [2.45, 2.75) is 55.8 Å². The zero-order valence-electron chi connectivity index (χ0n) is 14.4. The van der Waals surface area contributed by atoms with Crippen molar-refractivity contribution in [1.82, 2.24) is 10.0 Å². The van der Waals surface area contributed by atoms with Gasteiger partial charge in [-0.2, -0.15) is 4.72 Å². The summed E-state index contributed by atoms with van der Waals surface area (Å²) in [5.74, 6) is -1.43. The van der Waals surface area contributed by atoms with Crippen molar-refractivity contribution in [3.05, 3.63) is 17.5 Å². The third-order valence-corrected chi connectivity index (χ3v) is 6.87. The van der Waals surface area contributed by atoms with Crippen LogP contribution >= 0.6 is 11.3 Å². The summed E-state index contributed by atoms with van der Waals surface area (Å²) >= 11 is 1.06. The SMILES string of the molecule is CC(C)[C@H](NS(=O)(=O)c1cccs1)C(=O)OCC(=O)NC1CCCC1. The largest absolute Gasteiger partial charge is 0.454 e. The minimum Gasteiger partial charge on any atom is -0.454 e. The van der Waals surface area contributed by atoms with Gasteiger partial charge < -0.3 is 10.1 Å². The molecule has 1 aliphatic carbocycles. The molecular weight excluding hydrogens is 364 g/mol. The van der Waals surface area contributed by atoms with Crippen LogP contribution in [0.15, 0.2) is 21.7 Å². The molecule has 0 spiro atoms. The molecule has 0 unspecified atom stereocenters. The Morgan fingerprint density at radius 1 is 1.32 bits per heavy atom. The molecule has 1 aromatic rings. The monoisotopic (exact) mass is 388 g/mol. The van der Waals surface area contributed by atoms with Gasteiger partial charge in [0.25, 0.3) is 15.9 Å². The summed E-state index contributed by atoms with van der Waals surface area (Å²) in [6.45, 7) is 3.02. The lowest BCUT2D eigenvalue weighted by molar-refractivity contribution is -0.151. The second-order valence-corrected chi connectivity index (χ2v) is 9.32. The van der Waals surface area contributed by atoms with Crippen molar-refractivity contribution in [1.29, 1.82) is 0 Å². The van der Waals surface area contributed by atoms with Crippen LogP contribution in [0.4, 0.5) is 0 Å². The predicted molar refractivity (Wildman–Crippen MR) is 94.6 cm³/mol. The number of carbonyl (C=O) groups is 2. The van der Waals surface area contributed by atoms with Gasteiger partial charge >= 0.3 is 5.97 Å². The maximum absolute atomic E-state index is 12.3. The lowest BCUT2D eigenvalue weighted by Gasteiger charge is -2.20. The van der Waals surface area contributed by atoms with Crippen molar-refractivity contribution in [3.8, 4) is 0 Å². The minimum absolute atomic E-state index is 0.130. The zero-order chi connectivity index (χ0) is 18.4. The van der Waals surface area contributed by atoms with Crippen molar-refractivity contribution < 1.29 is 22.7 Å². The fraction of sp³-hybridized carbons (Fsp3) is 0.625. The van der Waals surface area contributed by atoms with Crippen LogP contribution in [0.5, 0.6) is 0 Å². The van der Waals surface area contributed by atoms with Crippen molar-refractivity contribution in [2.24, 2.45) is 5.92 Å². The third kappa shape index (κ3) is 5.79. The number of sulfonamides is 1. The van der Waals surface area contributed by atoms with Crippen molar-refractivity contribution >= 4 is 33.2 Å². The second kappa shape index (κ2) is 8.77.